The molecule has 69 heavy (non-hydrogen) atoms. The van der Waals surface area contributed by atoms with Gasteiger partial charge in [-0.2, -0.15) is 0 Å². The molecule has 0 bridgehead atoms. The van der Waals surface area contributed by atoms with Crippen molar-refractivity contribution >= 4 is 11.9 Å². The normalized spacial score (nSPS) is 12.9. The molecular formula is C63H117NO5. The Labute approximate surface area is 429 Å². The lowest BCUT2D eigenvalue weighted by Gasteiger charge is -2.22. The van der Waals surface area contributed by atoms with E-state index in [0.717, 1.165) is 57.8 Å². The van der Waals surface area contributed by atoms with Crippen LogP contribution in [0.2, 0.25) is 0 Å². The maximum absolute atomic E-state index is 12.5. The third kappa shape index (κ3) is 55.0. The lowest BCUT2D eigenvalue weighted by atomic mass is 10.0. The van der Waals surface area contributed by atoms with Crippen molar-refractivity contribution in [1.29, 1.82) is 0 Å². The molecule has 404 valence electrons. The van der Waals surface area contributed by atoms with E-state index in [0.29, 0.717) is 32.3 Å². The number of carbonyl (C=O) groups is 2. The van der Waals surface area contributed by atoms with Crippen molar-refractivity contribution in [3.8, 4) is 0 Å². The molecule has 0 saturated carbocycles. The molecule has 0 spiro atoms. The molecule has 0 aromatic heterocycles. The Morgan fingerprint density at radius 2 is 0.739 bits per heavy atom. The van der Waals surface area contributed by atoms with E-state index in [-0.39, 0.29) is 18.5 Å². The summed E-state index contributed by atoms with van der Waals surface area (Å²) >= 11 is 0. The van der Waals surface area contributed by atoms with Crippen LogP contribution in [0.4, 0.5) is 0 Å². The van der Waals surface area contributed by atoms with E-state index in [4.69, 9.17) is 4.74 Å². The summed E-state index contributed by atoms with van der Waals surface area (Å²) in [6.45, 7) is 4.88. The number of allylic oxidation sites excluding steroid dienone is 8. The second-order valence-electron chi connectivity index (χ2n) is 20.7. The van der Waals surface area contributed by atoms with Gasteiger partial charge in [-0.05, 0) is 77.0 Å². The lowest BCUT2D eigenvalue weighted by molar-refractivity contribution is -0.143. The second kappa shape index (κ2) is 58.4. The number of hydrogen-bond acceptors (Lipinski definition) is 5. The standard InChI is InChI=1S/C63H117NO5/c1-3-5-7-9-11-13-15-17-19-21-23-24-25-26-28-31-35-39-43-47-51-55-61(66)60(59-65)64-62(67)56-52-48-44-40-36-32-30-34-38-42-46-50-54-58-69-63(68)57-53-49-45-41-37-33-29-27-22-20-18-16-14-12-10-8-6-4-2/h14,16,20,22,32,36,44,48,60-61,65-66H,3-13,15,17-19,21,23-31,33-35,37-43,45-47,49-59H2,1-2H3,(H,64,67)/b16-14-,22-20-,36-32-,48-44-. The van der Waals surface area contributed by atoms with Crippen LogP contribution in [0.5, 0.6) is 0 Å². The first-order chi connectivity index (χ1) is 34.0. The molecule has 6 nitrogen and oxygen atoms in total. The highest BCUT2D eigenvalue weighted by Gasteiger charge is 2.19. The quantitative estimate of drug-likeness (QED) is 0.0321. The van der Waals surface area contributed by atoms with Gasteiger partial charge in [-0.3, -0.25) is 9.59 Å². The predicted octanol–water partition coefficient (Wildman–Crippen LogP) is 19.0. The van der Waals surface area contributed by atoms with Gasteiger partial charge in [0.1, 0.15) is 0 Å². The first kappa shape index (κ1) is 66.8. The van der Waals surface area contributed by atoms with Gasteiger partial charge in [0.15, 0.2) is 0 Å². The van der Waals surface area contributed by atoms with E-state index in [1.54, 1.807) is 0 Å². The van der Waals surface area contributed by atoms with Crippen LogP contribution in [0.15, 0.2) is 48.6 Å². The summed E-state index contributed by atoms with van der Waals surface area (Å²) in [4.78, 5) is 24.5. The minimum atomic E-state index is -0.701. The van der Waals surface area contributed by atoms with Crippen LogP contribution in [0.25, 0.3) is 0 Å². The third-order valence-corrected chi connectivity index (χ3v) is 13.9. The van der Waals surface area contributed by atoms with Gasteiger partial charge in [-0.1, -0.05) is 274 Å². The number of ether oxygens (including phenoxy) is 1. The van der Waals surface area contributed by atoms with E-state index in [9.17, 15) is 19.8 Å². The summed E-state index contributed by atoms with van der Waals surface area (Å²) < 4.78 is 5.47. The maximum atomic E-state index is 12.5. The molecule has 0 fully saturated rings. The van der Waals surface area contributed by atoms with Crippen molar-refractivity contribution in [2.24, 2.45) is 0 Å². The molecular weight excluding hydrogens is 851 g/mol. The summed E-state index contributed by atoms with van der Waals surface area (Å²) in [5.74, 6) is -0.138. The van der Waals surface area contributed by atoms with Crippen molar-refractivity contribution in [1.82, 2.24) is 5.32 Å². The Kier molecular flexibility index (Phi) is 56.5. The van der Waals surface area contributed by atoms with E-state index in [1.807, 2.05) is 6.08 Å². The molecule has 0 aliphatic carbocycles. The molecule has 2 unspecified atom stereocenters. The third-order valence-electron chi connectivity index (χ3n) is 13.9. The van der Waals surface area contributed by atoms with E-state index >= 15 is 0 Å². The molecule has 3 N–H and O–H groups in total. The van der Waals surface area contributed by atoms with Crippen LogP contribution < -0.4 is 5.32 Å². The molecule has 0 heterocycles. The number of hydrogen-bond donors (Lipinski definition) is 3. The number of nitrogens with one attached hydrogen (secondary N) is 1. The zero-order chi connectivity index (χ0) is 50.0. The average molecular weight is 969 g/mol. The van der Waals surface area contributed by atoms with Crippen molar-refractivity contribution in [3.63, 3.8) is 0 Å². The van der Waals surface area contributed by atoms with Gasteiger partial charge >= 0.3 is 5.97 Å². The SMILES string of the molecule is CCCCCC/C=C\C/C=C\CCCCCCCCCC(=O)OCCCCCCCC/C=C\C/C=C\CCC(=O)NC(CO)C(O)CCCCCCCCCCCCCCCCCCCCCCC. The van der Waals surface area contributed by atoms with Crippen LogP contribution in [0.1, 0.15) is 316 Å². The number of amides is 1. The van der Waals surface area contributed by atoms with E-state index < -0.39 is 12.1 Å². The molecule has 0 rings (SSSR count). The minimum Gasteiger partial charge on any atom is -0.466 e. The van der Waals surface area contributed by atoms with Crippen molar-refractivity contribution in [3.05, 3.63) is 48.6 Å². The van der Waals surface area contributed by atoms with Gasteiger partial charge in [0.25, 0.3) is 0 Å². The van der Waals surface area contributed by atoms with E-state index in [2.05, 4.69) is 61.7 Å². The highest BCUT2D eigenvalue weighted by molar-refractivity contribution is 5.76. The summed E-state index contributed by atoms with van der Waals surface area (Å²) in [7, 11) is 0. The number of esters is 1. The summed E-state index contributed by atoms with van der Waals surface area (Å²) in [5.41, 5.74) is 0. The fourth-order valence-electron chi connectivity index (χ4n) is 9.19. The van der Waals surface area contributed by atoms with Crippen LogP contribution >= 0.6 is 0 Å². The van der Waals surface area contributed by atoms with Crippen LogP contribution in [0, 0.1) is 0 Å². The number of rotatable bonds is 56. The zero-order valence-corrected chi connectivity index (χ0v) is 46.0. The topological polar surface area (TPSA) is 95.9 Å². The monoisotopic (exact) mass is 968 g/mol. The van der Waals surface area contributed by atoms with Gasteiger partial charge in [0.2, 0.25) is 5.91 Å². The van der Waals surface area contributed by atoms with Gasteiger partial charge in [-0.15, -0.1) is 0 Å². The first-order valence-corrected chi connectivity index (χ1v) is 30.4. The number of unbranched alkanes of at least 4 members (excludes halogenated alkanes) is 37. The Morgan fingerprint density at radius 3 is 1.14 bits per heavy atom. The lowest BCUT2D eigenvalue weighted by Crippen LogP contribution is -2.45. The number of carbonyl (C=O) groups excluding carboxylic acids is 2. The molecule has 0 aromatic rings. The van der Waals surface area contributed by atoms with Crippen molar-refractivity contribution < 1.29 is 24.5 Å². The molecule has 1 amide bonds. The average Bonchev–Trinajstić information content (AvgIpc) is 3.35. The van der Waals surface area contributed by atoms with E-state index in [1.165, 1.54) is 218 Å². The molecule has 6 heteroatoms. The van der Waals surface area contributed by atoms with Crippen molar-refractivity contribution in [2.45, 2.75) is 328 Å². The van der Waals surface area contributed by atoms with Crippen LogP contribution in [-0.2, 0) is 14.3 Å². The molecule has 0 radical (unpaired) electrons. The summed E-state index contributed by atoms with van der Waals surface area (Å²) in [6, 6.07) is -0.588. The first-order valence-electron chi connectivity index (χ1n) is 30.4. The molecule has 2 atom stereocenters. The molecule has 0 aromatic carbocycles. The van der Waals surface area contributed by atoms with Crippen molar-refractivity contribution in [2.75, 3.05) is 13.2 Å². The highest BCUT2D eigenvalue weighted by atomic mass is 16.5. The smallest absolute Gasteiger partial charge is 0.305 e. The minimum absolute atomic E-state index is 0.0241. The predicted molar refractivity (Wildman–Crippen MR) is 301 cm³/mol. The Balaban J connectivity index is 3.53. The Bertz CT molecular complexity index is 1160. The van der Waals surface area contributed by atoms with Crippen LogP contribution in [-0.4, -0.2) is 47.4 Å². The largest absolute Gasteiger partial charge is 0.466 e. The van der Waals surface area contributed by atoms with Crippen LogP contribution in [0.3, 0.4) is 0 Å². The fraction of sp³-hybridized carbons (Fsp3) is 0.841. The van der Waals surface area contributed by atoms with Gasteiger partial charge < -0.3 is 20.3 Å². The number of aliphatic hydroxyl groups is 2. The molecule has 0 aliphatic rings. The number of aliphatic hydroxyl groups excluding tert-OH is 2. The van der Waals surface area contributed by atoms with Gasteiger partial charge in [-0.25, -0.2) is 0 Å². The molecule has 0 aliphatic heterocycles. The molecule has 0 saturated heterocycles. The summed E-state index contributed by atoms with van der Waals surface area (Å²) in [6.07, 6.45) is 74.1. The Hall–Kier alpha value is -2.18. The maximum Gasteiger partial charge on any atom is 0.305 e. The van der Waals surface area contributed by atoms with Gasteiger partial charge in [0, 0.05) is 12.8 Å². The Morgan fingerprint density at radius 1 is 0.406 bits per heavy atom. The summed E-state index contributed by atoms with van der Waals surface area (Å²) in [5, 5.41) is 23.3. The second-order valence-corrected chi connectivity index (χ2v) is 20.7. The van der Waals surface area contributed by atoms with Gasteiger partial charge in [0.05, 0.1) is 25.4 Å². The zero-order valence-electron chi connectivity index (χ0n) is 46.0. The fourth-order valence-corrected chi connectivity index (χ4v) is 9.19. The highest BCUT2D eigenvalue weighted by Crippen LogP contribution is 2.17.